The second kappa shape index (κ2) is 12.7. The minimum atomic E-state index is -4.53. The number of anilines is 1. The predicted octanol–water partition coefficient (Wildman–Crippen LogP) is 5.89. The molecule has 3 amide bonds. The normalized spacial score (nSPS) is 18.5. The van der Waals surface area contributed by atoms with Crippen LogP contribution >= 0.6 is 0 Å². The number of nitrogens with one attached hydrogen (secondary N) is 1. The highest BCUT2D eigenvalue weighted by atomic mass is 19.4. The lowest BCUT2D eigenvalue weighted by Crippen LogP contribution is -2.48. The fourth-order valence-corrected chi connectivity index (χ4v) is 4.90. The number of hydrogen-bond donors (Lipinski definition) is 2. The number of alkyl halides is 3. The molecule has 0 aliphatic carbocycles. The molecule has 10 heteroatoms. The topological polar surface area (TPSA) is 82.1 Å². The van der Waals surface area contributed by atoms with Crippen molar-refractivity contribution < 1.29 is 32.6 Å². The van der Waals surface area contributed by atoms with Crippen LogP contribution in [0.2, 0.25) is 0 Å². The average Bonchev–Trinajstić information content (AvgIpc) is 2.97. The molecule has 4 rings (SSSR count). The number of carbonyl (C=O) groups excluding carboxylic acids is 2. The first-order valence-corrected chi connectivity index (χ1v) is 13.4. The van der Waals surface area contributed by atoms with Crippen molar-refractivity contribution >= 4 is 17.6 Å². The number of ether oxygens (including phenoxy) is 1. The van der Waals surface area contributed by atoms with Gasteiger partial charge in [-0.05, 0) is 47.9 Å². The van der Waals surface area contributed by atoms with E-state index in [0.29, 0.717) is 5.56 Å². The molecule has 0 saturated heterocycles. The van der Waals surface area contributed by atoms with E-state index in [0.717, 1.165) is 28.8 Å². The molecule has 0 saturated carbocycles. The van der Waals surface area contributed by atoms with Crippen molar-refractivity contribution in [2.24, 2.45) is 5.92 Å². The van der Waals surface area contributed by atoms with Crippen LogP contribution in [0.4, 0.5) is 23.7 Å². The van der Waals surface area contributed by atoms with Gasteiger partial charge in [0.25, 0.3) is 5.91 Å². The van der Waals surface area contributed by atoms with Gasteiger partial charge < -0.3 is 25.0 Å². The molecule has 218 valence electrons. The zero-order chi connectivity index (χ0) is 29.7. The van der Waals surface area contributed by atoms with Gasteiger partial charge in [-0.15, -0.1) is 0 Å². The van der Waals surface area contributed by atoms with Crippen LogP contribution in [0.25, 0.3) is 11.1 Å². The van der Waals surface area contributed by atoms with Crippen LogP contribution in [0.5, 0.6) is 0 Å². The number of aliphatic hydroxyl groups is 1. The Morgan fingerprint density at radius 2 is 1.73 bits per heavy atom. The van der Waals surface area contributed by atoms with E-state index in [2.05, 4.69) is 5.32 Å². The third kappa shape index (κ3) is 7.07. The Bertz CT molecular complexity index is 1380. The standard InChI is InChI=1S/C31H34F3N3O4/c1-20-16-37(21(2)18-38)29(39)27-14-7-6-13-26(27)25-12-5-4-9-22(25)19-41-28(20)17-36(3)30(40)35-24-11-8-10-23(15-24)31(32,33)34/h4-15,20-21,28,38H,16-19H2,1-3H3,(H,35,40)/t20-,21+,28+/m1/s1. The molecule has 0 unspecified atom stereocenters. The fourth-order valence-electron chi connectivity index (χ4n) is 4.90. The molecule has 3 atom stereocenters. The molecule has 0 spiro atoms. The number of aliphatic hydroxyl groups excluding tert-OH is 1. The summed E-state index contributed by atoms with van der Waals surface area (Å²) in [6, 6.07) is 18.3. The molecule has 7 nitrogen and oxygen atoms in total. The van der Waals surface area contributed by atoms with Crippen LogP contribution in [0, 0.1) is 5.92 Å². The third-order valence-electron chi connectivity index (χ3n) is 7.34. The minimum Gasteiger partial charge on any atom is -0.394 e. The van der Waals surface area contributed by atoms with Gasteiger partial charge in [0.2, 0.25) is 0 Å². The molecule has 0 fully saturated rings. The maximum absolute atomic E-state index is 13.9. The highest BCUT2D eigenvalue weighted by Crippen LogP contribution is 2.32. The van der Waals surface area contributed by atoms with Gasteiger partial charge in [-0.25, -0.2) is 4.79 Å². The van der Waals surface area contributed by atoms with Crippen LogP contribution in [0.15, 0.2) is 72.8 Å². The molecule has 41 heavy (non-hydrogen) atoms. The van der Waals surface area contributed by atoms with E-state index in [9.17, 15) is 27.9 Å². The highest BCUT2D eigenvalue weighted by molar-refractivity contribution is 6.01. The Morgan fingerprint density at radius 1 is 1.07 bits per heavy atom. The van der Waals surface area contributed by atoms with Crippen molar-refractivity contribution in [2.45, 2.75) is 38.8 Å². The lowest BCUT2D eigenvalue weighted by atomic mass is 9.94. The van der Waals surface area contributed by atoms with Gasteiger partial charge in [0, 0.05) is 37.3 Å². The Balaban J connectivity index is 1.62. The highest BCUT2D eigenvalue weighted by Gasteiger charge is 2.32. The molecule has 0 bridgehead atoms. The third-order valence-corrected chi connectivity index (χ3v) is 7.34. The molecule has 2 N–H and O–H groups in total. The van der Waals surface area contributed by atoms with Crippen molar-refractivity contribution in [1.82, 2.24) is 9.80 Å². The lowest BCUT2D eigenvalue weighted by Gasteiger charge is -2.35. The second-order valence-electron chi connectivity index (χ2n) is 10.4. The smallest absolute Gasteiger partial charge is 0.394 e. The average molecular weight is 570 g/mol. The van der Waals surface area contributed by atoms with Crippen molar-refractivity contribution in [1.29, 1.82) is 0 Å². The minimum absolute atomic E-state index is 0.0216. The lowest BCUT2D eigenvalue weighted by molar-refractivity contribution is -0.137. The van der Waals surface area contributed by atoms with Crippen LogP contribution in [-0.4, -0.2) is 65.7 Å². The Labute approximate surface area is 237 Å². The number of benzene rings is 3. The first-order valence-electron chi connectivity index (χ1n) is 13.4. The molecule has 0 aromatic heterocycles. The van der Waals surface area contributed by atoms with E-state index in [1.54, 1.807) is 17.9 Å². The van der Waals surface area contributed by atoms with Crippen molar-refractivity contribution in [2.75, 3.05) is 32.1 Å². The van der Waals surface area contributed by atoms with Gasteiger partial charge in [0.15, 0.2) is 0 Å². The van der Waals surface area contributed by atoms with Crippen LogP contribution in [0.1, 0.15) is 35.3 Å². The summed E-state index contributed by atoms with van der Waals surface area (Å²) in [6.07, 6.45) is -5.07. The number of rotatable bonds is 5. The van der Waals surface area contributed by atoms with Crippen LogP contribution in [0.3, 0.4) is 0 Å². The largest absolute Gasteiger partial charge is 0.416 e. The molecular weight excluding hydrogens is 535 g/mol. The summed E-state index contributed by atoms with van der Waals surface area (Å²) in [6.45, 7) is 4.01. The first-order chi connectivity index (χ1) is 19.5. The number of likely N-dealkylation sites (N-methyl/N-ethyl adjacent to an activating group) is 1. The summed E-state index contributed by atoms with van der Waals surface area (Å²) in [5.41, 5.74) is 2.15. The Kier molecular flexibility index (Phi) is 9.35. The van der Waals surface area contributed by atoms with Crippen molar-refractivity contribution in [3.8, 4) is 11.1 Å². The number of nitrogens with zero attached hydrogens (tertiary/aromatic N) is 2. The van der Waals surface area contributed by atoms with E-state index in [1.807, 2.05) is 49.4 Å². The monoisotopic (exact) mass is 569 g/mol. The predicted molar refractivity (Wildman–Crippen MR) is 150 cm³/mol. The molecular formula is C31H34F3N3O4. The van der Waals surface area contributed by atoms with E-state index in [4.69, 9.17) is 4.74 Å². The second-order valence-corrected chi connectivity index (χ2v) is 10.4. The molecule has 1 aliphatic heterocycles. The Hall–Kier alpha value is -3.89. The van der Waals surface area contributed by atoms with Gasteiger partial charge in [-0.1, -0.05) is 55.5 Å². The molecule has 3 aromatic rings. The number of amides is 3. The summed E-state index contributed by atoms with van der Waals surface area (Å²) >= 11 is 0. The molecule has 3 aromatic carbocycles. The van der Waals surface area contributed by atoms with E-state index < -0.39 is 29.9 Å². The number of hydrogen-bond acceptors (Lipinski definition) is 4. The molecule has 0 radical (unpaired) electrons. The van der Waals surface area contributed by atoms with Crippen LogP contribution < -0.4 is 5.32 Å². The van der Waals surface area contributed by atoms with Gasteiger partial charge in [0.05, 0.1) is 30.9 Å². The summed E-state index contributed by atoms with van der Waals surface area (Å²) in [4.78, 5) is 29.8. The van der Waals surface area contributed by atoms with Gasteiger partial charge in [-0.3, -0.25) is 4.79 Å². The zero-order valence-corrected chi connectivity index (χ0v) is 23.2. The van der Waals surface area contributed by atoms with Crippen molar-refractivity contribution in [3.63, 3.8) is 0 Å². The molecule has 1 aliphatic rings. The van der Waals surface area contributed by atoms with Gasteiger partial charge >= 0.3 is 12.2 Å². The number of halogens is 3. The van der Waals surface area contributed by atoms with Crippen molar-refractivity contribution in [3.05, 3.63) is 89.5 Å². The fraction of sp³-hybridized carbons (Fsp3) is 0.355. The van der Waals surface area contributed by atoms with E-state index in [1.165, 1.54) is 24.1 Å². The van der Waals surface area contributed by atoms with Crippen LogP contribution in [-0.2, 0) is 17.5 Å². The maximum Gasteiger partial charge on any atom is 0.416 e. The first kappa shape index (κ1) is 30.1. The van der Waals surface area contributed by atoms with E-state index in [-0.39, 0.29) is 43.8 Å². The molecule has 1 heterocycles. The number of urea groups is 1. The number of carbonyl (C=O) groups is 2. The van der Waals surface area contributed by atoms with Gasteiger partial charge in [-0.2, -0.15) is 13.2 Å². The SMILES string of the molecule is C[C@@H]1CN([C@@H](C)CO)C(=O)c2ccccc2-c2ccccc2CO[C@H]1CN(C)C(=O)Nc1cccc(C(F)(F)F)c1. The maximum atomic E-state index is 13.9. The quantitative estimate of drug-likeness (QED) is 0.401. The van der Waals surface area contributed by atoms with Gasteiger partial charge in [0.1, 0.15) is 0 Å². The summed E-state index contributed by atoms with van der Waals surface area (Å²) in [5, 5.41) is 12.5. The summed E-state index contributed by atoms with van der Waals surface area (Å²) in [7, 11) is 1.53. The zero-order valence-electron chi connectivity index (χ0n) is 23.2. The number of fused-ring (bicyclic) bond motifs is 3. The van der Waals surface area contributed by atoms with E-state index >= 15 is 0 Å². The summed E-state index contributed by atoms with van der Waals surface area (Å²) in [5.74, 6) is -0.491. The summed E-state index contributed by atoms with van der Waals surface area (Å²) < 4.78 is 45.8. The Morgan fingerprint density at radius 3 is 2.41 bits per heavy atom.